The van der Waals surface area contributed by atoms with Gasteiger partial charge in [-0.1, -0.05) is 37.1 Å². The molecule has 0 spiro atoms. The molecule has 1 saturated heterocycles. The summed E-state index contributed by atoms with van der Waals surface area (Å²) in [4.78, 5) is 12.9. The van der Waals surface area contributed by atoms with Crippen molar-refractivity contribution in [2.75, 3.05) is 19.6 Å². The molecule has 0 bridgehead atoms. The Kier molecular flexibility index (Phi) is 6.93. The monoisotopic (exact) mass is 438 g/mol. The summed E-state index contributed by atoms with van der Waals surface area (Å²) < 4.78 is 40.9. The maximum absolute atomic E-state index is 13.4. The molecule has 0 aromatic heterocycles. The van der Waals surface area contributed by atoms with Crippen LogP contribution in [0.1, 0.15) is 31.2 Å². The van der Waals surface area contributed by atoms with Gasteiger partial charge in [-0.15, -0.1) is 0 Å². The van der Waals surface area contributed by atoms with Crippen molar-refractivity contribution in [1.29, 1.82) is 0 Å². The summed E-state index contributed by atoms with van der Waals surface area (Å²) in [6.45, 7) is 2.81. The molecule has 29 heavy (non-hydrogen) atoms. The number of carbonyl (C=O) groups is 1. The average Bonchev–Trinajstić information content (AvgIpc) is 3.15. The molecule has 2 aromatic rings. The fourth-order valence-corrected chi connectivity index (χ4v) is 5.17. The van der Waals surface area contributed by atoms with Gasteiger partial charge in [0.2, 0.25) is 15.9 Å². The number of nitrogens with one attached hydrogen (secondary N) is 1. The molecule has 2 atom stereocenters. The van der Waals surface area contributed by atoms with Crippen LogP contribution in [0.4, 0.5) is 4.39 Å². The number of carbonyl (C=O) groups excluding carboxylic acids is 1. The van der Waals surface area contributed by atoms with Crippen LogP contribution >= 0.6 is 11.6 Å². The van der Waals surface area contributed by atoms with Gasteiger partial charge in [0.1, 0.15) is 5.82 Å². The Bertz CT molecular complexity index is 949. The zero-order chi connectivity index (χ0) is 21.0. The largest absolute Gasteiger partial charge is 0.356 e. The van der Waals surface area contributed by atoms with E-state index in [9.17, 15) is 17.6 Å². The van der Waals surface area contributed by atoms with Crippen molar-refractivity contribution in [3.05, 3.63) is 64.9 Å². The van der Waals surface area contributed by atoms with E-state index >= 15 is 0 Å². The summed E-state index contributed by atoms with van der Waals surface area (Å²) in [5, 5.41) is 3.35. The highest BCUT2D eigenvalue weighted by Crippen LogP contribution is 2.36. The molecular weight excluding hydrogens is 415 g/mol. The maximum atomic E-state index is 13.4. The van der Waals surface area contributed by atoms with Gasteiger partial charge in [-0.2, -0.15) is 4.31 Å². The zero-order valence-corrected chi connectivity index (χ0v) is 17.7. The van der Waals surface area contributed by atoms with E-state index in [2.05, 4.69) is 5.32 Å². The number of hydrogen-bond donors (Lipinski definition) is 1. The summed E-state index contributed by atoms with van der Waals surface area (Å²) in [5.74, 6) is -1.44. The van der Waals surface area contributed by atoms with Crippen LogP contribution in [0, 0.1) is 11.7 Å². The fourth-order valence-electron chi connectivity index (χ4n) is 3.55. The third kappa shape index (κ3) is 4.97. The minimum absolute atomic E-state index is 0.0744. The molecule has 1 N–H and O–H groups in total. The minimum Gasteiger partial charge on any atom is -0.356 e. The lowest BCUT2D eigenvalue weighted by atomic mass is 9.88. The number of nitrogens with zero attached hydrogens (tertiary/aromatic N) is 1. The Morgan fingerprint density at radius 2 is 1.79 bits per heavy atom. The third-order valence-corrected chi connectivity index (χ3v) is 7.30. The van der Waals surface area contributed by atoms with Gasteiger partial charge in [0, 0.05) is 30.6 Å². The lowest BCUT2D eigenvalue weighted by molar-refractivity contribution is -0.124. The molecule has 5 nitrogen and oxygen atoms in total. The molecule has 0 saturated carbocycles. The SMILES string of the molecule is CCCCNC(=O)[C@H]1CN(S(=O)(=O)c2ccc(Cl)cc2)C[C@H]1c1ccc(F)cc1. The summed E-state index contributed by atoms with van der Waals surface area (Å²) in [7, 11) is -3.78. The molecule has 0 unspecified atom stereocenters. The van der Waals surface area contributed by atoms with E-state index < -0.39 is 15.9 Å². The van der Waals surface area contributed by atoms with Gasteiger partial charge in [-0.25, -0.2) is 12.8 Å². The van der Waals surface area contributed by atoms with Crippen molar-refractivity contribution in [1.82, 2.24) is 9.62 Å². The van der Waals surface area contributed by atoms with Crippen LogP contribution < -0.4 is 5.32 Å². The normalized spacial score (nSPS) is 20.0. The van der Waals surface area contributed by atoms with Gasteiger partial charge in [-0.3, -0.25) is 4.79 Å². The summed E-state index contributed by atoms with van der Waals surface area (Å²) in [6, 6.07) is 11.9. The number of sulfonamides is 1. The molecule has 1 amide bonds. The molecule has 1 fully saturated rings. The maximum Gasteiger partial charge on any atom is 0.243 e. The van der Waals surface area contributed by atoms with Gasteiger partial charge in [-0.05, 0) is 48.4 Å². The van der Waals surface area contributed by atoms with E-state index in [4.69, 9.17) is 11.6 Å². The van der Waals surface area contributed by atoms with Crippen LogP contribution in [0.15, 0.2) is 53.4 Å². The Hall–Kier alpha value is -1.96. The summed E-state index contributed by atoms with van der Waals surface area (Å²) >= 11 is 5.87. The van der Waals surface area contributed by atoms with E-state index in [0.29, 0.717) is 11.6 Å². The van der Waals surface area contributed by atoms with E-state index in [1.54, 1.807) is 12.1 Å². The average molecular weight is 439 g/mol. The molecular formula is C21H24ClFN2O3S. The molecule has 0 aliphatic carbocycles. The standard InChI is InChI=1S/C21H24ClFN2O3S/c1-2-3-12-24-21(26)20-14-25(13-19(20)15-4-8-17(23)9-5-15)29(27,28)18-10-6-16(22)7-11-18/h4-11,19-20H,2-3,12-14H2,1H3,(H,24,26)/t19-,20-/m0/s1. The van der Waals surface area contributed by atoms with Gasteiger partial charge < -0.3 is 5.32 Å². The highest BCUT2D eigenvalue weighted by atomic mass is 35.5. The highest BCUT2D eigenvalue weighted by Gasteiger charge is 2.43. The number of rotatable bonds is 7. The van der Waals surface area contributed by atoms with Gasteiger partial charge in [0.25, 0.3) is 0 Å². The number of amides is 1. The quantitative estimate of drug-likeness (QED) is 0.668. The van der Waals surface area contributed by atoms with Crippen LogP contribution in [0.25, 0.3) is 0 Å². The predicted octanol–water partition coefficient (Wildman–Crippen LogP) is 3.80. The lowest BCUT2D eigenvalue weighted by Gasteiger charge is -2.18. The predicted molar refractivity (Wildman–Crippen MR) is 111 cm³/mol. The molecule has 8 heteroatoms. The second-order valence-electron chi connectivity index (χ2n) is 7.19. The molecule has 1 aliphatic heterocycles. The minimum atomic E-state index is -3.78. The van der Waals surface area contributed by atoms with Gasteiger partial charge in [0.05, 0.1) is 10.8 Å². The summed E-state index contributed by atoms with van der Waals surface area (Å²) in [6.07, 6.45) is 1.80. The van der Waals surface area contributed by atoms with Crippen molar-refractivity contribution >= 4 is 27.5 Å². The van der Waals surface area contributed by atoms with Gasteiger partial charge in [0.15, 0.2) is 0 Å². The van der Waals surface area contributed by atoms with E-state index in [1.807, 2.05) is 6.92 Å². The van der Waals surface area contributed by atoms with Crippen LogP contribution in [0.2, 0.25) is 5.02 Å². The van der Waals surface area contributed by atoms with Crippen LogP contribution in [-0.4, -0.2) is 38.3 Å². The van der Waals surface area contributed by atoms with Crippen molar-refractivity contribution in [3.63, 3.8) is 0 Å². The first kappa shape index (κ1) is 21.7. The first-order chi connectivity index (χ1) is 13.8. The fraction of sp³-hybridized carbons (Fsp3) is 0.381. The first-order valence-corrected chi connectivity index (χ1v) is 11.4. The highest BCUT2D eigenvalue weighted by molar-refractivity contribution is 7.89. The topological polar surface area (TPSA) is 66.5 Å². The molecule has 3 rings (SSSR count). The number of hydrogen-bond acceptors (Lipinski definition) is 3. The second kappa shape index (κ2) is 9.24. The van der Waals surface area contributed by atoms with E-state index in [-0.39, 0.29) is 35.6 Å². The molecule has 1 heterocycles. The van der Waals surface area contributed by atoms with E-state index in [1.165, 1.54) is 40.7 Å². The number of unbranched alkanes of at least 4 members (excludes halogenated alkanes) is 1. The van der Waals surface area contributed by atoms with Gasteiger partial charge >= 0.3 is 0 Å². The van der Waals surface area contributed by atoms with Crippen molar-refractivity contribution in [3.8, 4) is 0 Å². The second-order valence-corrected chi connectivity index (χ2v) is 9.56. The number of halogens is 2. The third-order valence-electron chi connectivity index (χ3n) is 5.20. The van der Waals surface area contributed by atoms with Crippen LogP contribution in [-0.2, 0) is 14.8 Å². The van der Waals surface area contributed by atoms with E-state index in [0.717, 1.165) is 18.4 Å². The smallest absolute Gasteiger partial charge is 0.243 e. The first-order valence-electron chi connectivity index (χ1n) is 9.62. The zero-order valence-electron chi connectivity index (χ0n) is 16.1. The molecule has 2 aromatic carbocycles. The molecule has 156 valence electrons. The van der Waals surface area contributed by atoms with Crippen LogP contribution in [0.3, 0.4) is 0 Å². The van der Waals surface area contributed by atoms with Crippen molar-refractivity contribution in [2.24, 2.45) is 5.92 Å². The summed E-state index contributed by atoms with van der Waals surface area (Å²) in [5.41, 5.74) is 0.746. The lowest BCUT2D eigenvalue weighted by Crippen LogP contribution is -2.36. The number of benzene rings is 2. The molecule has 0 radical (unpaired) electrons. The Balaban J connectivity index is 1.88. The Morgan fingerprint density at radius 1 is 1.14 bits per heavy atom. The molecule has 1 aliphatic rings. The van der Waals surface area contributed by atoms with Crippen molar-refractivity contribution < 1.29 is 17.6 Å². The Morgan fingerprint density at radius 3 is 2.41 bits per heavy atom. The van der Waals surface area contributed by atoms with Crippen LogP contribution in [0.5, 0.6) is 0 Å². The van der Waals surface area contributed by atoms with Crippen molar-refractivity contribution in [2.45, 2.75) is 30.6 Å². The Labute approximate surface area is 175 Å².